The average molecular weight is 911 g/mol. The SMILES string of the molecule is COCN([C@H](C)c1cccc(OCC2CC2c2cc(OCC3CC3)cc([C@@H](C)NS(=O)(=O)CC/C=C/CC3CCC(=O)NC3=O)c2)c1)S(=O)(=O)CC/C=C/CC1CCC(=O)NC1=O. The van der Waals surface area contributed by atoms with Crippen LogP contribution in [0.3, 0.4) is 0 Å². The van der Waals surface area contributed by atoms with Crippen LogP contribution in [0.25, 0.3) is 0 Å². The van der Waals surface area contributed by atoms with E-state index in [1.54, 1.807) is 18.2 Å². The van der Waals surface area contributed by atoms with Gasteiger partial charge in [-0.25, -0.2) is 21.6 Å². The molecular weight excluding hydrogens is 849 g/mol. The summed E-state index contributed by atoms with van der Waals surface area (Å²) in [7, 11) is -5.93. The zero-order valence-corrected chi connectivity index (χ0v) is 38.1. The molecule has 4 aliphatic rings. The first-order valence-corrected chi connectivity index (χ1v) is 25.3. The first-order chi connectivity index (χ1) is 30.1. The van der Waals surface area contributed by atoms with Gasteiger partial charge in [0.25, 0.3) is 0 Å². The number of nitrogens with one attached hydrogen (secondary N) is 3. The number of carbonyl (C=O) groups is 4. The molecule has 4 unspecified atom stereocenters. The van der Waals surface area contributed by atoms with Crippen molar-refractivity contribution in [2.24, 2.45) is 23.7 Å². The summed E-state index contributed by atoms with van der Waals surface area (Å²) < 4.78 is 75.3. The Bertz CT molecular complexity index is 2240. The zero-order chi connectivity index (χ0) is 45.1. The van der Waals surface area contributed by atoms with E-state index in [2.05, 4.69) is 15.4 Å². The Labute approximate surface area is 371 Å². The molecule has 2 aromatic rings. The Balaban J connectivity index is 1.01. The lowest BCUT2D eigenvalue weighted by atomic mass is 9.95. The highest BCUT2D eigenvalue weighted by molar-refractivity contribution is 7.89. The number of benzene rings is 2. The van der Waals surface area contributed by atoms with E-state index in [1.807, 2.05) is 62.4 Å². The number of allylic oxidation sites excluding steroid dienone is 4. The van der Waals surface area contributed by atoms with Gasteiger partial charge in [-0.05, 0) is 124 Å². The van der Waals surface area contributed by atoms with Crippen molar-refractivity contribution in [3.8, 4) is 11.5 Å². The van der Waals surface area contributed by atoms with Crippen LogP contribution in [-0.2, 0) is 44.0 Å². The van der Waals surface area contributed by atoms with Gasteiger partial charge in [-0.1, -0.05) is 42.5 Å². The molecule has 6 rings (SSSR count). The van der Waals surface area contributed by atoms with Crippen LogP contribution in [0.1, 0.15) is 119 Å². The highest BCUT2D eigenvalue weighted by atomic mass is 32.2. The summed E-state index contributed by atoms with van der Waals surface area (Å²) in [6.07, 6.45) is 13.3. The molecule has 0 radical (unpaired) electrons. The monoisotopic (exact) mass is 910 g/mol. The van der Waals surface area contributed by atoms with Crippen LogP contribution in [-0.4, -0.2) is 83.3 Å². The number of ether oxygens (including phenoxy) is 3. The topological polar surface area (TPSA) is 204 Å². The number of piperidine rings is 2. The third-order valence-electron chi connectivity index (χ3n) is 12.2. The van der Waals surface area contributed by atoms with Gasteiger partial charge in [-0.15, -0.1) is 0 Å². The van der Waals surface area contributed by atoms with Gasteiger partial charge >= 0.3 is 0 Å². The molecule has 344 valence electrons. The maximum atomic E-state index is 13.5. The van der Waals surface area contributed by atoms with Gasteiger partial charge in [0.15, 0.2) is 0 Å². The largest absolute Gasteiger partial charge is 0.493 e. The van der Waals surface area contributed by atoms with Gasteiger partial charge in [-0.3, -0.25) is 29.8 Å². The van der Waals surface area contributed by atoms with E-state index < -0.39 is 32.1 Å². The number of carbonyl (C=O) groups excluding carboxylic acids is 4. The molecule has 2 heterocycles. The van der Waals surface area contributed by atoms with E-state index >= 15 is 0 Å². The lowest BCUT2D eigenvalue weighted by molar-refractivity contribution is -0.137. The molecule has 17 heteroatoms. The van der Waals surface area contributed by atoms with Crippen molar-refractivity contribution in [2.75, 3.05) is 38.6 Å². The number of hydrogen-bond acceptors (Lipinski definition) is 11. The van der Waals surface area contributed by atoms with Crippen molar-refractivity contribution >= 4 is 43.7 Å². The first-order valence-electron chi connectivity index (χ1n) is 22.1. The molecule has 0 bridgehead atoms. The van der Waals surface area contributed by atoms with Gasteiger partial charge in [0.05, 0.1) is 24.7 Å². The van der Waals surface area contributed by atoms with Crippen LogP contribution in [0.4, 0.5) is 0 Å². The van der Waals surface area contributed by atoms with Crippen molar-refractivity contribution in [2.45, 2.75) is 102 Å². The van der Waals surface area contributed by atoms with E-state index in [1.165, 1.54) is 11.4 Å². The van der Waals surface area contributed by atoms with E-state index in [4.69, 9.17) is 14.2 Å². The number of hydrogen-bond donors (Lipinski definition) is 3. The maximum Gasteiger partial charge on any atom is 0.229 e. The van der Waals surface area contributed by atoms with Crippen LogP contribution in [0.15, 0.2) is 66.8 Å². The average Bonchev–Trinajstić information content (AvgIpc) is 4.19. The molecule has 15 nitrogen and oxygen atoms in total. The Hall–Kier alpha value is -4.42. The summed E-state index contributed by atoms with van der Waals surface area (Å²) in [4.78, 5) is 46.9. The quantitative estimate of drug-likeness (QED) is 0.0625. The lowest BCUT2D eigenvalue weighted by Crippen LogP contribution is -2.40. The molecule has 2 aliphatic carbocycles. The van der Waals surface area contributed by atoms with Crippen LogP contribution in [0.5, 0.6) is 11.5 Å². The van der Waals surface area contributed by atoms with Gasteiger partial charge < -0.3 is 14.2 Å². The minimum absolute atomic E-state index is 0.108. The van der Waals surface area contributed by atoms with Crippen molar-refractivity contribution < 1.29 is 50.2 Å². The standard InChI is InChI=1S/C46H62N4O11S2/c1-31(49-62(55,56)21-8-4-6-11-34-17-19-43(51)47-45(34)53)37-23-38(26-41(25-37)60-28-33-15-16-33)42-27-39(42)29-61-40-14-10-13-36(24-40)32(2)50(30-59-3)63(57,58)22-9-5-7-12-35-18-20-44(52)48-46(35)54/h4-7,10,13-14,23-26,31-35,39,42,49H,8-9,11-12,15-22,27-30H2,1-3H3,(H,47,51,53)(H,48,52,54)/b6-4+,7-5+/t31-,32-,34?,35?,39?,42?/m1/s1. The number of rotatable bonds is 25. The van der Waals surface area contributed by atoms with Crippen LogP contribution < -0.4 is 24.8 Å². The molecular formula is C46H62N4O11S2. The van der Waals surface area contributed by atoms with Crippen LogP contribution in [0, 0.1) is 23.7 Å². The molecule has 2 saturated carbocycles. The molecule has 4 amide bonds. The fraction of sp³-hybridized carbons (Fsp3) is 0.565. The summed E-state index contributed by atoms with van der Waals surface area (Å²) in [6.45, 7) is 4.56. The fourth-order valence-corrected chi connectivity index (χ4v) is 10.7. The summed E-state index contributed by atoms with van der Waals surface area (Å²) in [6, 6.07) is 12.4. The minimum atomic E-state index is -3.74. The molecule has 2 aromatic carbocycles. The highest BCUT2D eigenvalue weighted by Gasteiger charge is 2.40. The van der Waals surface area contributed by atoms with Gasteiger partial charge in [0.2, 0.25) is 43.7 Å². The Kier molecular flexibility index (Phi) is 16.8. The summed E-state index contributed by atoms with van der Waals surface area (Å²) >= 11 is 0. The normalized spacial score (nSPS) is 22.9. The fourth-order valence-electron chi connectivity index (χ4n) is 7.96. The predicted molar refractivity (Wildman–Crippen MR) is 237 cm³/mol. The molecule has 4 fully saturated rings. The van der Waals surface area contributed by atoms with Crippen LogP contribution >= 0.6 is 0 Å². The number of nitrogens with zero attached hydrogens (tertiary/aromatic N) is 1. The number of methoxy groups -OCH3 is 1. The first kappa shape index (κ1) is 48.0. The van der Waals surface area contributed by atoms with Gasteiger partial charge in [0.1, 0.15) is 18.2 Å². The maximum absolute atomic E-state index is 13.5. The Morgan fingerprint density at radius 3 is 2.00 bits per heavy atom. The third kappa shape index (κ3) is 14.5. The van der Waals surface area contributed by atoms with Crippen molar-refractivity contribution in [3.63, 3.8) is 0 Å². The van der Waals surface area contributed by atoms with Crippen molar-refractivity contribution in [1.29, 1.82) is 0 Å². The molecule has 0 spiro atoms. The van der Waals surface area contributed by atoms with E-state index in [-0.39, 0.29) is 78.4 Å². The van der Waals surface area contributed by atoms with Gasteiger partial charge in [0, 0.05) is 49.8 Å². The summed E-state index contributed by atoms with van der Waals surface area (Å²) in [5.41, 5.74) is 2.61. The second-order valence-electron chi connectivity index (χ2n) is 17.3. The summed E-state index contributed by atoms with van der Waals surface area (Å²) in [5, 5.41) is 4.69. The minimum Gasteiger partial charge on any atom is -0.493 e. The molecule has 6 atom stereocenters. The second kappa shape index (κ2) is 22.0. The van der Waals surface area contributed by atoms with E-state index in [0.29, 0.717) is 69.2 Å². The summed E-state index contributed by atoms with van der Waals surface area (Å²) in [5.74, 6) is 0.342. The zero-order valence-electron chi connectivity index (χ0n) is 36.5. The molecule has 2 saturated heterocycles. The van der Waals surface area contributed by atoms with Gasteiger partial charge in [-0.2, -0.15) is 4.31 Å². The smallest absolute Gasteiger partial charge is 0.229 e. The molecule has 2 aliphatic heterocycles. The molecule has 63 heavy (non-hydrogen) atoms. The van der Waals surface area contributed by atoms with E-state index in [9.17, 15) is 36.0 Å². The lowest BCUT2D eigenvalue weighted by Gasteiger charge is -2.28. The van der Waals surface area contributed by atoms with Crippen molar-refractivity contribution in [1.82, 2.24) is 19.7 Å². The highest BCUT2D eigenvalue weighted by Crippen LogP contribution is 2.49. The second-order valence-corrected chi connectivity index (χ2v) is 21.2. The predicted octanol–water partition coefficient (Wildman–Crippen LogP) is 5.71. The number of amides is 4. The Morgan fingerprint density at radius 2 is 1.38 bits per heavy atom. The van der Waals surface area contributed by atoms with E-state index in [0.717, 1.165) is 36.0 Å². The number of sulfonamides is 2. The molecule has 3 N–H and O–H groups in total. The number of imide groups is 2. The third-order valence-corrected chi connectivity index (χ3v) is 15.5. The van der Waals surface area contributed by atoms with Crippen molar-refractivity contribution in [3.05, 3.63) is 83.5 Å². The van der Waals surface area contributed by atoms with Crippen LogP contribution in [0.2, 0.25) is 0 Å². The Morgan fingerprint density at radius 1 is 0.762 bits per heavy atom. The molecule has 0 aromatic heterocycles.